The standard InChI is InChI=1S/C24H21Cl3O3S/c1-3-4-18-7-10-23(31-18)21(28)8-5-15-6-9-22(29-2)16(11-15)14-30-24-19(26)12-17(25)13-20(24)27/h5-13H,3-4,14H2,1-2H3/b8-5+. The fraction of sp³-hybridized carbons (Fsp3) is 0.208. The lowest BCUT2D eigenvalue weighted by Crippen LogP contribution is -2.00. The fourth-order valence-corrected chi connectivity index (χ4v) is 4.93. The van der Waals surface area contributed by atoms with E-state index >= 15 is 0 Å². The van der Waals surface area contributed by atoms with E-state index in [1.54, 1.807) is 42.7 Å². The quantitative estimate of drug-likeness (QED) is 0.222. The molecule has 0 atom stereocenters. The van der Waals surface area contributed by atoms with E-state index in [2.05, 4.69) is 6.92 Å². The van der Waals surface area contributed by atoms with Gasteiger partial charge < -0.3 is 9.47 Å². The number of methoxy groups -OCH3 is 1. The van der Waals surface area contributed by atoms with Gasteiger partial charge in [0, 0.05) is 15.5 Å². The van der Waals surface area contributed by atoms with Crippen LogP contribution in [0.4, 0.5) is 0 Å². The minimum absolute atomic E-state index is 0.0132. The number of carbonyl (C=O) groups excluding carboxylic acids is 1. The molecule has 0 aliphatic rings. The Morgan fingerprint density at radius 3 is 2.48 bits per heavy atom. The topological polar surface area (TPSA) is 35.5 Å². The van der Waals surface area contributed by atoms with Gasteiger partial charge in [0.05, 0.1) is 22.0 Å². The average molecular weight is 496 g/mol. The Balaban J connectivity index is 1.75. The molecule has 0 spiro atoms. The van der Waals surface area contributed by atoms with Crippen LogP contribution in [0.25, 0.3) is 6.08 Å². The molecule has 0 amide bonds. The molecule has 0 radical (unpaired) electrons. The third-order valence-corrected chi connectivity index (χ3v) is 6.41. The summed E-state index contributed by atoms with van der Waals surface area (Å²) in [5, 5.41) is 1.09. The number of hydrogen-bond acceptors (Lipinski definition) is 4. The van der Waals surface area contributed by atoms with E-state index in [1.165, 1.54) is 4.88 Å². The molecule has 0 aliphatic heterocycles. The number of rotatable bonds is 9. The third kappa shape index (κ3) is 6.27. The van der Waals surface area contributed by atoms with Gasteiger partial charge >= 0.3 is 0 Å². The zero-order chi connectivity index (χ0) is 22.4. The minimum atomic E-state index is -0.0132. The normalized spacial score (nSPS) is 11.1. The van der Waals surface area contributed by atoms with Gasteiger partial charge in [-0.1, -0.05) is 60.3 Å². The molecule has 1 heterocycles. The van der Waals surface area contributed by atoms with Crippen molar-refractivity contribution in [1.29, 1.82) is 0 Å². The van der Waals surface area contributed by atoms with Crippen LogP contribution in [-0.4, -0.2) is 12.9 Å². The molecule has 31 heavy (non-hydrogen) atoms. The third-order valence-electron chi connectivity index (χ3n) is 4.47. The molecule has 3 aromatic rings. The Labute approximate surface area is 201 Å². The van der Waals surface area contributed by atoms with Gasteiger partial charge in [0.2, 0.25) is 0 Å². The maximum absolute atomic E-state index is 12.5. The number of ketones is 1. The molecular weight excluding hydrogens is 475 g/mol. The number of aryl methyl sites for hydroxylation is 1. The van der Waals surface area contributed by atoms with Crippen molar-refractivity contribution in [1.82, 2.24) is 0 Å². The highest BCUT2D eigenvalue weighted by molar-refractivity contribution is 7.14. The van der Waals surface area contributed by atoms with Gasteiger partial charge in [-0.05, 0) is 54.5 Å². The highest BCUT2D eigenvalue weighted by Crippen LogP contribution is 2.36. The Bertz CT molecular complexity index is 1080. The summed E-state index contributed by atoms with van der Waals surface area (Å²) in [5.41, 5.74) is 1.65. The summed E-state index contributed by atoms with van der Waals surface area (Å²) in [6.07, 6.45) is 5.42. The summed E-state index contributed by atoms with van der Waals surface area (Å²) >= 11 is 19.9. The molecule has 0 saturated heterocycles. The SMILES string of the molecule is CCCc1ccc(C(=O)/C=C/c2ccc(OC)c(COc3c(Cl)cc(Cl)cc3Cl)c2)s1. The number of allylic oxidation sites excluding steroid dienone is 1. The molecule has 7 heteroatoms. The van der Waals surface area contributed by atoms with E-state index in [0.717, 1.165) is 28.8 Å². The van der Waals surface area contributed by atoms with E-state index in [1.807, 2.05) is 30.3 Å². The van der Waals surface area contributed by atoms with Crippen LogP contribution in [0.2, 0.25) is 15.1 Å². The number of carbonyl (C=O) groups is 1. The molecule has 0 bridgehead atoms. The maximum atomic E-state index is 12.5. The molecule has 3 rings (SSSR count). The maximum Gasteiger partial charge on any atom is 0.195 e. The number of ether oxygens (including phenoxy) is 2. The van der Waals surface area contributed by atoms with E-state index in [4.69, 9.17) is 44.3 Å². The van der Waals surface area contributed by atoms with Gasteiger partial charge in [-0.25, -0.2) is 0 Å². The smallest absolute Gasteiger partial charge is 0.195 e. The first-order valence-electron chi connectivity index (χ1n) is 9.66. The molecular formula is C24H21Cl3O3S. The van der Waals surface area contributed by atoms with E-state index in [9.17, 15) is 4.79 Å². The summed E-state index contributed by atoms with van der Waals surface area (Å²) in [5.74, 6) is 0.999. The highest BCUT2D eigenvalue weighted by atomic mass is 35.5. The van der Waals surface area contributed by atoms with E-state index in [0.29, 0.717) is 26.6 Å². The van der Waals surface area contributed by atoms with Crippen molar-refractivity contribution >= 4 is 58.0 Å². The first kappa shape index (κ1) is 23.7. The molecule has 1 aromatic heterocycles. The van der Waals surface area contributed by atoms with Crippen molar-refractivity contribution in [3.63, 3.8) is 0 Å². The number of halogens is 3. The van der Waals surface area contributed by atoms with Crippen LogP contribution in [0.1, 0.15) is 39.0 Å². The Hall–Kier alpha value is -1.98. The lowest BCUT2D eigenvalue weighted by atomic mass is 10.1. The monoisotopic (exact) mass is 494 g/mol. The second-order valence-electron chi connectivity index (χ2n) is 6.77. The van der Waals surface area contributed by atoms with Gasteiger partial charge in [-0.15, -0.1) is 11.3 Å². The summed E-state index contributed by atoms with van der Waals surface area (Å²) in [6.45, 7) is 2.31. The minimum Gasteiger partial charge on any atom is -0.496 e. The Morgan fingerprint density at radius 1 is 1.06 bits per heavy atom. The Kier molecular flexibility index (Phi) is 8.44. The van der Waals surface area contributed by atoms with Crippen molar-refractivity contribution in [2.24, 2.45) is 0 Å². The van der Waals surface area contributed by atoms with Crippen LogP contribution < -0.4 is 9.47 Å². The van der Waals surface area contributed by atoms with Crippen molar-refractivity contribution in [2.45, 2.75) is 26.4 Å². The molecule has 0 N–H and O–H groups in total. The van der Waals surface area contributed by atoms with Crippen molar-refractivity contribution in [2.75, 3.05) is 7.11 Å². The summed E-state index contributed by atoms with van der Waals surface area (Å²) < 4.78 is 11.3. The Morgan fingerprint density at radius 2 is 1.81 bits per heavy atom. The molecule has 0 unspecified atom stereocenters. The molecule has 0 fully saturated rings. The van der Waals surface area contributed by atoms with Gasteiger partial charge in [0.25, 0.3) is 0 Å². The predicted octanol–water partition coefficient (Wildman–Crippen LogP) is 8.14. The second-order valence-corrected chi connectivity index (χ2v) is 9.19. The van der Waals surface area contributed by atoms with Crippen molar-refractivity contribution in [3.8, 4) is 11.5 Å². The highest BCUT2D eigenvalue weighted by Gasteiger charge is 2.12. The zero-order valence-corrected chi connectivity index (χ0v) is 20.2. The van der Waals surface area contributed by atoms with Gasteiger partial charge in [-0.3, -0.25) is 4.79 Å². The fourth-order valence-electron chi connectivity index (χ4n) is 2.98. The number of benzene rings is 2. The van der Waals surface area contributed by atoms with Crippen molar-refractivity contribution in [3.05, 3.63) is 84.5 Å². The predicted molar refractivity (Wildman–Crippen MR) is 130 cm³/mol. The van der Waals surface area contributed by atoms with Crippen LogP contribution in [0, 0.1) is 0 Å². The molecule has 162 valence electrons. The van der Waals surface area contributed by atoms with Crippen molar-refractivity contribution < 1.29 is 14.3 Å². The van der Waals surface area contributed by atoms with Crippen LogP contribution in [0.5, 0.6) is 11.5 Å². The number of hydrogen-bond donors (Lipinski definition) is 0. The van der Waals surface area contributed by atoms with Crippen LogP contribution >= 0.6 is 46.1 Å². The largest absolute Gasteiger partial charge is 0.496 e. The zero-order valence-electron chi connectivity index (χ0n) is 17.1. The summed E-state index contributed by atoms with van der Waals surface area (Å²) in [6, 6.07) is 12.7. The first-order chi connectivity index (χ1) is 14.9. The molecule has 0 aliphatic carbocycles. The first-order valence-corrected chi connectivity index (χ1v) is 11.6. The van der Waals surface area contributed by atoms with Gasteiger partial charge in [0.15, 0.2) is 11.5 Å². The van der Waals surface area contributed by atoms with Crippen LogP contribution in [-0.2, 0) is 13.0 Å². The number of thiophene rings is 1. The summed E-state index contributed by atoms with van der Waals surface area (Å²) in [4.78, 5) is 14.5. The van der Waals surface area contributed by atoms with Gasteiger partial charge in [0.1, 0.15) is 12.4 Å². The lowest BCUT2D eigenvalue weighted by Gasteiger charge is -2.13. The van der Waals surface area contributed by atoms with Gasteiger partial charge in [-0.2, -0.15) is 0 Å². The van der Waals surface area contributed by atoms with Crippen LogP contribution in [0.3, 0.4) is 0 Å². The molecule has 3 nitrogen and oxygen atoms in total. The van der Waals surface area contributed by atoms with E-state index < -0.39 is 0 Å². The molecule has 2 aromatic carbocycles. The average Bonchev–Trinajstić information content (AvgIpc) is 3.20. The second kappa shape index (κ2) is 11.1. The lowest BCUT2D eigenvalue weighted by molar-refractivity contribution is 0.105. The molecule has 0 saturated carbocycles. The van der Waals surface area contributed by atoms with E-state index in [-0.39, 0.29) is 12.4 Å². The summed E-state index contributed by atoms with van der Waals surface area (Å²) in [7, 11) is 1.59. The van der Waals surface area contributed by atoms with Crippen LogP contribution in [0.15, 0.2) is 48.5 Å².